The largest absolute Gasteiger partial charge is 0.394 e. The Morgan fingerprint density at radius 3 is 2.18 bits per heavy atom. The van der Waals surface area contributed by atoms with Gasteiger partial charge in [0.15, 0.2) is 0 Å². The SMILES string of the molecule is CCCc1nn(C)c(N(CCC)CCC)c1N. The number of nitrogen functional groups attached to an aromatic ring is 1. The minimum absolute atomic E-state index is 0.872. The van der Waals surface area contributed by atoms with E-state index in [1.165, 1.54) is 0 Å². The van der Waals surface area contributed by atoms with Gasteiger partial charge in [0.25, 0.3) is 0 Å². The Balaban J connectivity index is 3.00. The first-order chi connectivity index (χ1) is 8.15. The number of anilines is 2. The summed E-state index contributed by atoms with van der Waals surface area (Å²) < 4.78 is 1.94. The summed E-state index contributed by atoms with van der Waals surface area (Å²) in [5.41, 5.74) is 8.14. The van der Waals surface area contributed by atoms with Gasteiger partial charge in [-0.25, -0.2) is 0 Å². The van der Waals surface area contributed by atoms with Crippen molar-refractivity contribution in [3.63, 3.8) is 0 Å². The molecular formula is C13H26N4. The van der Waals surface area contributed by atoms with Crippen LogP contribution >= 0.6 is 0 Å². The number of hydrogen-bond acceptors (Lipinski definition) is 3. The molecule has 98 valence electrons. The predicted molar refractivity (Wildman–Crippen MR) is 74.4 cm³/mol. The number of hydrogen-bond donors (Lipinski definition) is 1. The molecule has 0 saturated heterocycles. The number of aromatic nitrogens is 2. The molecule has 4 nitrogen and oxygen atoms in total. The maximum atomic E-state index is 6.23. The standard InChI is InChI=1S/C13H26N4/c1-5-8-11-12(14)13(16(4)15-11)17(9-6-2)10-7-3/h5-10,14H2,1-4H3. The first kappa shape index (κ1) is 13.9. The lowest BCUT2D eigenvalue weighted by atomic mass is 10.2. The van der Waals surface area contributed by atoms with Crippen molar-refractivity contribution in [2.24, 2.45) is 7.05 Å². The van der Waals surface area contributed by atoms with Gasteiger partial charge in [-0.05, 0) is 19.3 Å². The van der Waals surface area contributed by atoms with Crippen molar-refractivity contribution in [2.75, 3.05) is 23.7 Å². The molecule has 0 saturated carbocycles. The topological polar surface area (TPSA) is 47.1 Å². The van der Waals surface area contributed by atoms with E-state index in [0.29, 0.717) is 0 Å². The van der Waals surface area contributed by atoms with Crippen molar-refractivity contribution < 1.29 is 0 Å². The highest BCUT2D eigenvalue weighted by molar-refractivity contribution is 5.66. The van der Waals surface area contributed by atoms with E-state index in [2.05, 4.69) is 30.8 Å². The van der Waals surface area contributed by atoms with E-state index in [1.54, 1.807) is 0 Å². The van der Waals surface area contributed by atoms with Gasteiger partial charge in [0.1, 0.15) is 5.82 Å². The van der Waals surface area contributed by atoms with Gasteiger partial charge in [-0.3, -0.25) is 4.68 Å². The van der Waals surface area contributed by atoms with E-state index in [0.717, 1.165) is 56.0 Å². The molecule has 0 aliphatic rings. The number of aryl methyl sites for hydroxylation is 2. The van der Waals surface area contributed by atoms with Crippen LogP contribution in [0.3, 0.4) is 0 Å². The van der Waals surface area contributed by atoms with Gasteiger partial charge in [0.05, 0.1) is 11.4 Å². The smallest absolute Gasteiger partial charge is 0.150 e. The van der Waals surface area contributed by atoms with Crippen LogP contribution in [0.1, 0.15) is 45.7 Å². The fraction of sp³-hybridized carbons (Fsp3) is 0.769. The van der Waals surface area contributed by atoms with E-state index in [4.69, 9.17) is 5.73 Å². The third-order valence-corrected chi connectivity index (χ3v) is 2.90. The molecule has 0 aliphatic heterocycles. The molecule has 0 aliphatic carbocycles. The maximum Gasteiger partial charge on any atom is 0.150 e. The van der Waals surface area contributed by atoms with Gasteiger partial charge in [0, 0.05) is 20.1 Å². The van der Waals surface area contributed by atoms with Crippen LogP contribution in [0.25, 0.3) is 0 Å². The lowest BCUT2D eigenvalue weighted by Crippen LogP contribution is -2.27. The second-order valence-electron chi connectivity index (χ2n) is 4.54. The Morgan fingerprint density at radius 2 is 1.71 bits per heavy atom. The van der Waals surface area contributed by atoms with Crippen molar-refractivity contribution in [2.45, 2.75) is 46.5 Å². The molecule has 2 N–H and O–H groups in total. The van der Waals surface area contributed by atoms with Gasteiger partial charge in [-0.1, -0.05) is 27.2 Å². The van der Waals surface area contributed by atoms with Crippen molar-refractivity contribution in [3.8, 4) is 0 Å². The van der Waals surface area contributed by atoms with Crippen molar-refractivity contribution in [3.05, 3.63) is 5.69 Å². The third kappa shape index (κ3) is 3.14. The summed E-state index contributed by atoms with van der Waals surface area (Å²) in [4.78, 5) is 2.35. The first-order valence-electron chi connectivity index (χ1n) is 6.71. The molecule has 0 unspecified atom stereocenters. The molecular weight excluding hydrogens is 212 g/mol. The molecule has 1 aromatic rings. The Hall–Kier alpha value is -1.19. The quantitative estimate of drug-likeness (QED) is 0.794. The van der Waals surface area contributed by atoms with Crippen molar-refractivity contribution in [1.82, 2.24) is 9.78 Å². The molecule has 0 bridgehead atoms. The molecule has 4 heteroatoms. The summed E-state index contributed by atoms with van der Waals surface area (Å²) >= 11 is 0. The first-order valence-corrected chi connectivity index (χ1v) is 6.71. The summed E-state index contributed by atoms with van der Waals surface area (Å²) in [6.07, 6.45) is 4.31. The molecule has 1 aromatic heterocycles. The van der Waals surface area contributed by atoms with Gasteiger partial charge in [-0.2, -0.15) is 5.10 Å². The maximum absolute atomic E-state index is 6.23. The van der Waals surface area contributed by atoms with Crippen LogP contribution in [0, 0.1) is 0 Å². The molecule has 1 rings (SSSR count). The van der Waals surface area contributed by atoms with E-state index >= 15 is 0 Å². The zero-order valence-electron chi connectivity index (χ0n) is 11.7. The van der Waals surface area contributed by atoms with Crippen LogP contribution in [0.4, 0.5) is 11.5 Å². The van der Waals surface area contributed by atoms with E-state index < -0.39 is 0 Å². The Kier molecular flexibility index (Phi) is 5.32. The normalized spacial score (nSPS) is 10.8. The van der Waals surface area contributed by atoms with Gasteiger partial charge >= 0.3 is 0 Å². The van der Waals surface area contributed by atoms with Gasteiger partial charge in [0.2, 0.25) is 0 Å². The fourth-order valence-electron chi connectivity index (χ4n) is 2.25. The molecule has 0 amide bonds. The fourth-order valence-corrected chi connectivity index (χ4v) is 2.25. The second kappa shape index (κ2) is 6.52. The molecule has 0 radical (unpaired) electrons. The van der Waals surface area contributed by atoms with Crippen molar-refractivity contribution in [1.29, 1.82) is 0 Å². The summed E-state index contributed by atoms with van der Waals surface area (Å²) in [6.45, 7) is 8.64. The minimum Gasteiger partial charge on any atom is -0.394 e. The Labute approximate surface area is 105 Å². The van der Waals surface area contributed by atoms with E-state index in [1.807, 2.05) is 11.7 Å². The second-order valence-corrected chi connectivity index (χ2v) is 4.54. The van der Waals surface area contributed by atoms with Crippen LogP contribution in [0.2, 0.25) is 0 Å². The van der Waals surface area contributed by atoms with Crippen LogP contribution in [-0.2, 0) is 13.5 Å². The summed E-state index contributed by atoms with van der Waals surface area (Å²) in [6, 6.07) is 0. The average molecular weight is 238 g/mol. The van der Waals surface area contributed by atoms with Crippen LogP contribution in [0.5, 0.6) is 0 Å². The lowest BCUT2D eigenvalue weighted by Gasteiger charge is -2.24. The number of rotatable bonds is 7. The van der Waals surface area contributed by atoms with Gasteiger partial charge < -0.3 is 10.6 Å². The van der Waals surface area contributed by atoms with Crippen molar-refractivity contribution >= 4 is 11.5 Å². The Morgan fingerprint density at radius 1 is 1.12 bits per heavy atom. The zero-order valence-corrected chi connectivity index (χ0v) is 11.7. The third-order valence-electron chi connectivity index (χ3n) is 2.90. The predicted octanol–water partition coefficient (Wildman–Crippen LogP) is 2.58. The van der Waals surface area contributed by atoms with Crippen LogP contribution in [0.15, 0.2) is 0 Å². The minimum atomic E-state index is 0.872. The highest BCUT2D eigenvalue weighted by Crippen LogP contribution is 2.27. The Bertz CT molecular complexity index is 337. The number of nitrogens with zero attached hydrogens (tertiary/aromatic N) is 3. The highest BCUT2D eigenvalue weighted by atomic mass is 15.4. The van der Waals surface area contributed by atoms with Crippen LogP contribution in [-0.4, -0.2) is 22.9 Å². The van der Waals surface area contributed by atoms with Gasteiger partial charge in [-0.15, -0.1) is 0 Å². The average Bonchev–Trinajstić information content (AvgIpc) is 2.55. The number of nitrogens with two attached hydrogens (primary N) is 1. The molecule has 1 heterocycles. The molecule has 0 aromatic carbocycles. The van der Waals surface area contributed by atoms with E-state index in [9.17, 15) is 0 Å². The van der Waals surface area contributed by atoms with Crippen LogP contribution < -0.4 is 10.6 Å². The molecule has 0 fully saturated rings. The monoisotopic (exact) mass is 238 g/mol. The molecule has 17 heavy (non-hydrogen) atoms. The summed E-state index contributed by atoms with van der Waals surface area (Å²) in [7, 11) is 1.99. The summed E-state index contributed by atoms with van der Waals surface area (Å²) in [5.74, 6) is 1.09. The molecule has 0 atom stereocenters. The highest BCUT2D eigenvalue weighted by Gasteiger charge is 2.17. The van der Waals surface area contributed by atoms with E-state index in [-0.39, 0.29) is 0 Å². The summed E-state index contributed by atoms with van der Waals surface area (Å²) in [5, 5.41) is 4.54. The zero-order chi connectivity index (χ0) is 12.8. The molecule has 0 spiro atoms. The lowest BCUT2D eigenvalue weighted by molar-refractivity contribution is 0.673.